The Bertz CT molecular complexity index is 784. The first-order chi connectivity index (χ1) is 11.4. The minimum absolute atomic E-state index is 0.273. The van der Waals surface area contributed by atoms with Gasteiger partial charge >= 0.3 is 5.69 Å². The third-order valence-corrected chi connectivity index (χ3v) is 4.04. The Hall–Kier alpha value is -2.40. The number of aliphatic hydroxyl groups is 1. The minimum Gasteiger partial charge on any atom is -0.394 e. The van der Waals surface area contributed by atoms with Gasteiger partial charge in [0.25, 0.3) is 11.5 Å². The van der Waals surface area contributed by atoms with Gasteiger partial charge in [0.05, 0.1) is 13.2 Å². The molecule has 0 aromatic carbocycles. The van der Waals surface area contributed by atoms with Gasteiger partial charge in [0.1, 0.15) is 12.6 Å². The molecule has 1 atom stereocenters. The Morgan fingerprint density at radius 2 is 2.25 bits per heavy atom. The van der Waals surface area contributed by atoms with Crippen LogP contribution in [-0.4, -0.2) is 56.6 Å². The maximum absolute atomic E-state index is 12.0. The van der Waals surface area contributed by atoms with Crippen molar-refractivity contribution in [3.05, 3.63) is 32.6 Å². The number of nitrogens with zero attached hydrogens (tertiary/aromatic N) is 2. The Balaban J connectivity index is 1.99. The lowest BCUT2D eigenvalue weighted by Crippen LogP contribution is -2.51. The number of carbonyl (C=O) groups excluding carboxylic acids is 2. The Kier molecular flexibility index (Phi) is 5.93. The van der Waals surface area contributed by atoms with Crippen LogP contribution in [0.3, 0.4) is 0 Å². The summed E-state index contributed by atoms with van der Waals surface area (Å²) in [7, 11) is 0. The van der Waals surface area contributed by atoms with Crippen LogP contribution >= 0.6 is 11.8 Å². The van der Waals surface area contributed by atoms with Crippen LogP contribution in [0.4, 0.5) is 0 Å². The van der Waals surface area contributed by atoms with Crippen molar-refractivity contribution < 1.29 is 14.7 Å². The molecule has 1 aromatic heterocycles. The van der Waals surface area contributed by atoms with Crippen molar-refractivity contribution in [2.75, 3.05) is 18.9 Å². The Morgan fingerprint density at radius 3 is 2.88 bits per heavy atom. The molecule has 0 unspecified atom stereocenters. The molecular formula is C13H17N5O5S. The third kappa shape index (κ3) is 4.55. The van der Waals surface area contributed by atoms with Gasteiger partial charge in [0, 0.05) is 17.5 Å². The maximum Gasteiger partial charge on any atom is 0.328 e. The van der Waals surface area contributed by atoms with Crippen molar-refractivity contribution in [2.45, 2.75) is 19.5 Å². The lowest BCUT2D eigenvalue weighted by molar-refractivity contribution is -0.129. The highest BCUT2D eigenvalue weighted by Crippen LogP contribution is 2.08. The van der Waals surface area contributed by atoms with Crippen LogP contribution in [0.1, 0.15) is 5.56 Å². The summed E-state index contributed by atoms with van der Waals surface area (Å²) in [6, 6.07) is -1.17. The minimum atomic E-state index is -1.17. The van der Waals surface area contributed by atoms with E-state index in [0.29, 0.717) is 11.7 Å². The highest BCUT2D eigenvalue weighted by molar-refractivity contribution is 8.14. The molecule has 0 fully saturated rings. The van der Waals surface area contributed by atoms with E-state index < -0.39 is 42.3 Å². The summed E-state index contributed by atoms with van der Waals surface area (Å²) in [6.45, 7) is 1.10. The smallest absolute Gasteiger partial charge is 0.328 e. The quantitative estimate of drug-likeness (QED) is 0.461. The first-order valence-corrected chi connectivity index (χ1v) is 8.08. The number of thioether (sulfide) groups is 1. The first kappa shape index (κ1) is 17.9. The molecule has 0 bridgehead atoms. The molecule has 10 nitrogen and oxygen atoms in total. The molecule has 11 heteroatoms. The number of aliphatic imine (C=N–C) groups is 1. The number of amides is 2. The van der Waals surface area contributed by atoms with Crippen molar-refractivity contribution in [1.29, 1.82) is 0 Å². The van der Waals surface area contributed by atoms with E-state index in [1.807, 2.05) is 0 Å². The molecule has 1 aromatic rings. The number of hydrogen-bond acceptors (Lipinski definition) is 7. The normalized spacial score (nSPS) is 14.8. The van der Waals surface area contributed by atoms with Crippen LogP contribution in [0, 0.1) is 6.92 Å². The van der Waals surface area contributed by atoms with Gasteiger partial charge in [0.15, 0.2) is 5.17 Å². The molecule has 0 saturated heterocycles. The summed E-state index contributed by atoms with van der Waals surface area (Å²) in [5.41, 5.74) is -0.989. The number of aryl methyl sites for hydroxylation is 1. The van der Waals surface area contributed by atoms with Crippen LogP contribution in [0.5, 0.6) is 0 Å². The van der Waals surface area contributed by atoms with Crippen molar-refractivity contribution in [3.63, 3.8) is 0 Å². The number of carbonyl (C=O) groups is 2. The molecule has 2 rings (SSSR count). The largest absolute Gasteiger partial charge is 0.394 e. The number of rotatable bonds is 5. The number of hydrogen-bond donors (Lipinski definition) is 4. The monoisotopic (exact) mass is 355 g/mol. The van der Waals surface area contributed by atoms with E-state index in [1.54, 1.807) is 0 Å². The van der Waals surface area contributed by atoms with E-state index in [4.69, 9.17) is 0 Å². The lowest BCUT2D eigenvalue weighted by atomic mass is 10.3. The van der Waals surface area contributed by atoms with E-state index in [2.05, 4.69) is 20.6 Å². The number of amidine groups is 1. The van der Waals surface area contributed by atoms with Crippen LogP contribution in [0.25, 0.3) is 0 Å². The van der Waals surface area contributed by atoms with Crippen molar-refractivity contribution >= 4 is 28.7 Å². The highest BCUT2D eigenvalue weighted by Gasteiger charge is 2.22. The van der Waals surface area contributed by atoms with E-state index in [1.165, 1.54) is 24.9 Å². The molecule has 0 aliphatic carbocycles. The summed E-state index contributed by atoms with van der Waals surface area (Å²) in [5, 5.41) is 14.6. The zero-order chi connectivity index (χ0) is 17.7. The van der Waals surface area contributed by atoms with E-state index in [0.717, 1.165) is 10.3 Å². The predicted octanol–water partition coefficient (Wildman–Crippen LogP) is -2.46. The maximum atomic E-state index is 12.0. The predicted molar refractivity (Wildman–Crippen MR) is 88.0 cm³/mol. The zero-order valence-electron chi connectivity index (χ0n) is 12.9. The molecule has 0 saturated carbocycles. The van der Waals surface area contributed by atoms with Crippen LogP contribution in [0.2, 0.25) is 0 Å². The van der Waals surface area contributed by atoms with Crippen molar-refractivity contribution in [3.8, 4) is 0 Å². The van der Waals surface area contributed by atoms with Crippen LogP contribution < -0.4 is 21.9 Å². The van der Waals surface area contributed by atoms with Gasteiger partial charge in [-0.05, 0) is 6.92 Å². The van der Waals surface area contributed by atoms with Crippen molar-refractivity contribution in [2.24, 2.45) is 4.99 Å². The van der Waals surface area contributed by atoms with E-state index >= 15 is 0 Å². The van der Waals surface area contributed by atoms with Gasteiger partial charge in [-0.2, -0.15) is 0 Å². The molecule has 1 aliphatic heterocycles. The lowest BCUT2D eigenvalue weighted by Gasteiger charge is -2.16. The third-order valence-electron chi connectivity index (χ3n) is 3.15. The average Bonchev–Trinajstić information content (AvgIpc) is 3.03. The summed E-state index contributed by atoms with van der Waals surface area (Å²) >= 11 is 1.37. The molecule has 4 N–H and O–H groups in total. The van der Waals surface area contributed by atoms with E-state index in [-0.39, 0.29) is 5.56 Å². The van der Waals surface area contributed by atoms with E-state index in [9.17, 15) is 24.3 Å². The van der Waals surface area contributed by atoms with Gasteiger partial charge in [-0.1, -0.05) is 11.8 Å². The molecular weight excluding hydrogens is 338 g/mol. The van der Waals surface area contributed by atoms with Gasteiger partial charge in [-0.25, -0.2) is 4.79 Å². The summed E-state index contributed by atoms with van der Waals surface area (Å²) < 4.78 is 1.01. The molecule has 2 heterocycles. The van der Waals surface area contributed by atoms with Crippen molar-refractivity contribution in [1.82, 2.24) is 20.2 Å². The second-order valence-electron chi connectivity index (χ2n) is 5.03. The number of H-pyrrole nitrogens is 1. The molecule has 2 amide bonds. The second kappa shape index (κ2) is 7.93. The summed E-state index contributed by atoms with van der Waals surface area (Å²) in [5.74, 6) is -0.483. The molecule has 130 valence electrons. The first-order valence-electron chi connectivity index (χ1n) is 7.09. The van der Waals surface area contributed by atoms with Gasteiger partial charge in [0.2, 0.25) is 5.91 Å². The molecule has 0 spiro atoms. The van der Waals surface area contributed by atoms with Crippen LogP contribution in [-0.2, 0) is 16.1 Å². The number of nitrogens with one attached hydrogen (secondary N) is 3. The molecule has 0 radical (unpaired) electrons. The van der Waals surface area contributed by atoms with Gasteiger partial charge in [-0.3, -0.25) is 28.9 Å². The number of aromatic amines is 1. The molecule has 24 heavy (non-hydrogen) atoms. The fourth-order valence-corrected chi connectivity index (χ4v) is 2.66. The van der Waals surface area contributed by atoms with Gasteiger partial charge < -0.3 is 15.7 Å². The second-order valence-corrected chi connectivity index (χ2v) is 6.11. The fraction of sp³-hybridized carbons (Fsp3) is 0.462. The Morgan fingerprint density at radius 1 is 1.50 bits per heavy atom. The highest BCUT2D eigenvalue weighted by atomic mass is 32.2. The summed E-state index contributed by atoms with van der Waals surface area (Å²) in [4.78, 5) is 53.0. The van der Waals surface area contributed by atoms with Crippen LogP contribution in [0.15, 0.2) is 20.8 Å². The fourth-order valence-electron chi connectivity index (χ4n) is 1.93. The zero-order valence-corrected chi connectivity index (χ0v) is 13.7. The average molecular weight is 355 g/mol. The standard InChI is InChI=1S/C13H17N5O5S/c1-7-4-18(13(23)17-10(7)21)5-9(20)15-8(6-19)11(22)16-12-14-2-3-24-12/h4,8,19H,2-3,5-6H2,1H3,(H,15,20)(H,14,16,22)(H,17,21,23)/t8-/m0/s1. The molecule has 1 aliphatic rings. The number of aromatic nitrogens is 2. The topological polar surface area (TPSA) is 146 Å². The number of aliphatic hydroxyl groups excluding tert-OH is 1. The Labute approximate surface area is 140 Å². The van der Waals surface area contributed by atoms with Gasteiger partial charge in [-0.15, -0.1) is 0 Å². The summed E-state index contributed by atoms with van der Waals surface area (Å²) in [6.07, 6.45) is 1.25. The SMILES string of the molecule is Cc1cn(CC(=O)N[C@@H](CO)C(=O)NC2=NCCS2)c(=O)[nH]c1=O.